The smallest absolute Gasteiger partial charge is 0.338 e. The monoisotopic (exact) mass is 528 g/mol. The third kappa shape index (κ3) is 16.2. The van der Waals surface area contributed by atoms with Crippen LogP contribution in [0.25, 0.3) is 0 Å². The molecule has 38 heavy (non-hydrogen) atoms. The lowest BCUT2D eigenvalue weighted by molar-refractivity contribution is 0.0497. The predicted octanol–water partition coefficient (Wildman–Crippen LogP) is 8.78. The summed E-state index contributed by atoms with van der Waals surface area (Å²) < 4.78 is 10.8. The van der Waals surface area contributed by atoms with Gasteiger partial charge < -0.3 is 14.6 Å². The summed E-state index contributed by atoms with van der Waals surface area (Å²) in [7, 11) is 0. The first-order chi connectivity index (χ1) is 18.4. The van der Waals surface area contributed by atoms with E-state index in [4.69, 9.17) is 14.6 Å². The van der Waals surface area contributed by atoms with Crippen LogP contribution in [0, 0.1) is 0 Å². The van der Waals surface area contributed by atoms with Crippen molar-refractivity contribution < 1.29 is 24.2 Å². The van der Waals surface area contributed by atoms with Gasteiger partial charge in [0.1, 0.15) is 5.75 Å². The fourth-order valence-electron chi connectivity index (χ4n) is 3.50. The highest BCUT2D eigenvalue weighted by Gasteiger charge is 2.08. The highest BCUT2D eigenvalue weighted by molar-refractivity contribution is 5.94. The van der Waals surface area contributed by atoms with Crippen molar-refractivity contribution in [1.82, 2.24) is 0 Å². The van der Waals surface area contributed by atoms with Crippen molar-refractivity contribution in [2.75, 3.05) is 19.8 Å². The summed E-state index contributed by atoms with van der Waals surface area (Å²) >= 11 is 0. The zero-order chi connectivity index (χ0) is 28.6. The summed E-state index contributed by atoms with van der Waals surface area (Å²) in [5.74, 6) is 1.21. The molecule has 0 aliphatic carbocycles. The van der Waals surface area contributed by atoms with Crippen molar-refractivity contribution in [2.45, 2.75) is 105 Å². The molecule has 5 heteroatoms. The van der Waals surface area contributed by atoms with Gasteiger partial charge in [-0.05, 0) is 86.9 Å². The molecule has 2 rings (SSSR count). The van der Waals surface area contributed by atoms with Gasteiger partial charge in [-0.1, -0.05) is 72.4 Å². The zero-order valence-electron chi connectivity index (χ0n) is 24.8. The van der Waals surface area contributed by atoms with Crippen molar-refractivity contribution in [3.63, 3.8) is 0 Å². The minimum Gasteiger partial charge on any atom is -0.494 e. The fourth-order valence-corrected chi connectivity index (χ4v) is 3.50. The first kappa shape index (κ1) is 35.3. The maximum absolute atomic E-state index is 11.8. The number of unbranched alkanes of at least 4 members (excludes halogenated alkanes) is 6. The lowest BCUT2D eigenvalue weighted by Crippen LogP contribution is -2.06. The van der Waals surface area contributed by atoms with Crippen LogP contribution in [0.3, 0.4) is 0 Å². The highest BCUT2D eigenvalue weighted by Crippen LogP contribution is 2.19. The Morgan fingerprint density at radius 1 is 0.763 bits per heavy atom. The van der Waals surface area contributed by atoms with Crippen LogP contribution in [-0.2, 0) is 4.74 Å². The van der Waals surface area contributed by atoms with Gasteiger partial charge in [-0.25, -0.2) is 4.79 Å². The molecule has 2 aromatic carbocycles. The number of carbonyl (C=O) groups excluding carboxylic acids is 2. The van der Waals surface area contributed by atoms with Crippen LogP contribution in [-0.4, -0.2) is 36.7 Å². The third-order valence-electron chi connectivity index (χ3n) is 6.14. The molecule has 0 bridgehead atoms. The van der Waals surface area contributed by atoms with E-state index in [0.717, 1.165) is 56.4 Å². The molecule has 214 valence electrons. The molecule has 0 saturated carbocycles. The lowest BCUT2D eigenvalue weighted by Gasteiger charge is -2.09. The summed E-state index contributed by atoms with van der Waals surface area (Å²) in [6.45, 7) is 13.6. The molecule has 0 heterocycles. The molecule has 1 atom stereocenters. The largest absolute Gasteiger partial charge is 0.494 e. The van der Waals surface area contributed by atoms with Gasteiger partial charge in [0.15, 0.2) is 5.78 Å². The van der Waals surface area contributed by atoms with Crippen LogP contribution in [0.15, 0.2) is 48.5 Å². The quantitative estimate of drug-likeness (QED) is 0.134. The second-order valence-electron chi connectivity index (χ2n) is 9.19. The number of Topliss-reactive ketones (excluding diaryl/α,β-unsaturated/α-hetero) is 1. The van der Waals surface area contributed by atoms with Gasteiger partial charge in [-0.3, -0.25) is 4.79 Å². The Hall–Kier alpha value is -2.66. The number of benzene rings is 2. The lowest BCUT2D eigenvalue weighted by atomic mass is 9.98. The second kappa shape index (κ2) is 23.5. The summed E-state index contributed by atoms with van der Waals surface area (Å²) in [5, 5.41) is 8.65. The Kier molecular flexibility index (Phi) is 21.8. The van der Waals surface area contributed by atoms with Crippen molar-refractivity contribution in [3.8, 4) is 5.75 Å². The topological polar surface area (TPSA) is 72.8 Å². The Bertz CT molecular complexity index is 843. The Morgan fingerprint density at radius 3 is 1.87 bits per heavy atom. The number of ether oxygens (including phenoxy) is 2. The SMILES string of the molecule is CC.CCC(C)c1ccc(C(=O)OCCCCCCO)cc1.CCCCCCOc1ccc(C(C)=O)cc1. The molecular weight excluding hydrogens is 476 g/mol. The van der Waals surface area contributed by atoms with Crippen LogP contribution in [0.4, 0.5) is 0 Å². The van der Waals surface area contributed by atoms with Gasteiger partial charge in [0.2, 0.25) is 0 Å². The number of rotatable bonds is 16. The van der Waals surface area contributed by atoms with E-state index in [9.17, 15) is 9.59 Å². The minimum absolute atomic E-state index is 0.0921. The predicted molar refractivity (Wildman–Crippen MR) is 158 cm³/mol. The fraction of sp³-hybridized carbons (Fsp3) is 0.576. The normalized spacial score (nSPS) is 10.8. The van der Waals surface area contributed by atoms with E-state index >= 15 is 0 Å². The molecule has 0 aliphatic rings. The van der Waals surface area contributed by atoms with Gasteiger partial charge in [-0.2, -0.15) is 0 Å². The van der Waals surface area contributed by atoms with Gasteiger partial charge in [-0.15, -0.1) is 0 Å². The van der Waals surface area contributed by atoms with Crippen LogP contribution in [0.5, 0.6) is 5.75 Å². The molecule has 5 nitrogen and oxygen atoms in total. The van der Waals surface area contributed by atoms with E-state index in [0.29, 0.717) is 18.1 Å². The van der Waals surface area contributed by atoms with E-state index in [1.807, 2.05) is 62.4 Å². The molecule has 0 fully saturated rings. The van der Waals surface area contributed by atoms with E-state index < -0.39 is 0 Å². The van der Waals surface area contributed by atoms with Crippen molar-refractivity contribution >= 4 is 11.8 Å². The van der Waals surface area contributed by atoms with Crippen molar-refractivity contribution in [3.05, 3.63) is 65.2 Å². The van der Waals surface area contributed by atoms with Crippen molar-refractivity contribution in [1.29, 1.82) is 0 Å². The average Bonchev–Trinajstić information content (AvgIpc) is 2.96. The summed E-state index contributed by atoms with van der Waals surface area (Å²) in [5.41, 5.74) is 2.61. The standard InChI is InChI=1S/C17H26O3.C14H20O2.C2H6/c1-3-14(2)15-8-10-16(11-9-15)17(19)20-13-7-5-4-6-12-18;1-3-4-5-6-11-16-14-9-7-13(8-10-14)12(2)15;1-2/h8-11,14,18H,3-7,12-13H2,1-2H3;7-10H,3-6,11H2,1-2H3;1-2H3. The van der Waals surface area contributed by atoms with E-state index in [-0.39, 0.29) is 18.4 Å². The van der Waals surface area contributed by atoms with Gasteiger partial charge in [0.05, 0.1) is 18.8 Å². The maximum atomic E-state index is 11.8. The van der Waals surface area contributed by atoms with Crippen LogP contribution >= 0.6 is 0 Å². The molecule has 1 N–H and O–H groups in total. The second-order valence-corrected chi connectivity index (χ2v) is 9.19. The Morgan fingerprint density at radius 2 is 1.32 bits per heavy atom. The number of aliphatic hydroxyl groups excluding tert-OH is 1. The highest BCUT2D eigenvalue weighted by atomic mass is 16.5. The van der Waals surface area contributed by atoms with Gasteiger partial charge >= 0.3 is 5.97 Å². The summed E-state index contributed by atoms with van der Waals surface area (Å²) in [6.07, 6.45) is 9.59. The number of hydrogen-bond acceptors (Lipinski definition) is 5. The number of ketones is 1. The first-order valence-corrected chi connectivity index (χ1v) is 14.5. The van der Waals surface area contributed by atoms with E-state index in [1.165, 1.54) is 24.8 Å². The van der Waals surface area contributed by atoms with Crippen LogP contribution < -0.4 is 4.74 Å². The number of carbonyl (C=O) groups is 2. The van der Waals surface area contributed by atoms with Crippen LogP contribution in [0.1, 0.15) is 132 Å². The number of hydrogen-bond donors (Lipinski definition) is 1. The molecular formula is C33H52O5. The Balaban J connectivity index is 0.000000690. The van der Waals surface area contributed by atoms with E-state index in [1.54, 1.807) is 6.92 Å². The molecule has 0 aliphatic heterocycles. The molecule has 0 aromatic heterocycles. The first-order valence-electron chi connectivity index (χ1n) is 14.5. The number of aliphatic hydroxyl groups is 1. The van der Waals surface area contributed by atoms with Gasteiger partial charge in [0, 0.05) is 12.2 Å². The third-order valence-corrected chi connectivity index (χ3v) is 6.14. The Labute approximate surface area is 232 Å². The number of esters is 1. The summed E-state index contributed by atoms with van der Waals surface area (Å²) in [4.78, 5) is 22.9. The summed E-state index contributed by atoms with van der Waals surface area (Å²) in [6, 6.07) is 15.0. The minimum atomic E-state index is -0.247. The zero-order valence-corrected chi connectivity index (χ0v) is 24.8. The molecule has 0 saturated heterocycles. The van der Waals surface area contributed by atoms with Crippen LogP contribution in [0.2, 0.25) is 0 Å². The van der Waals surface area contributed by atoms with E-state index in [2.05, 4.69) is 20.8 Å². The molecule has 0 radical (unpaired) electrons. The molecule has 0 amide bonds. The van der Waals surface area contributed by atoms with Crippen molar-refractivity contribution in [2.24, 2.45) is 0 Å². The molecule has 0 spiro atoms. The van der Waals surface area contributed by atoms with Gasteiger partial charge in [0.25, 0.3) is 0 Å². The maximum Gasteiger partial charge on any atom is 0.338 e. The molecule has 1 unspecified atom stereocenters. The average molecular weight is 529 g/mol. The molecule has 2 aromatic rings.